The number of rotatable bonds is 8. The molecule has 196 valence electrons. The molecule has 4 heterocycles. The second-order valence-electron chi connectivity index (χ2n) is 8.28. The average Bonchev–Trinajstić information content (AvgIpc) is 3.68. The lowest BCUT2D eigenvalue weighted by Gasteiger charge is -2.12. The van der Waals surface area contributed by atoms with Gasteiger partial charge in [-0.15, -0.1) is 11.3 Å². The predicted octanol–water partition coefficient (Wildman–Crippen LogP) is 5.86. The van der Waals surface area contributed by atoms with Crippen molar-refractivity contribution in [2.45, 2.75) is 13.1 Å². The summed E-state index contributed by atoms with van der Waals surface area (Å²) in [6, 6.07) is 16.0. The molecule has 0 aliphatic carbocycles. The van der Waals surface area contributed by atoms with E-state index in [9.17, 15) is 19.2 Å². The Balaban J connectivity index is 1.71. The van der Waals surface area contributed by atoms with E-state index in [2.05, 4.69) is 16.5 Å². The number of aromatic nitrogens is 3. The monoisotopic (exact) mass is 579 g/mol. The maximum Gasteiger partial charge on any atom is 0.283 e. The van der Waals surface area contributed by atoms with Gasteiger partial charge in [-0.1, -0.05) is 23.7 Å². The van der Waals surface area contributed by atoms with Gasteiger partial charge in [0.05, 0.1) is 35.8 Å². The number of thiophene rings is 2. The van der Waals surface area contributed by atoms with Gasteiger partial charge in [0.15, 0.2) is 5.82 Å². The van der Waals surface area contributed by atoms with Crippen molar-refractivity contribution in [3.8, 4) is 23.2 Å². The molecule has 5 rings (SSSR count). The molecule has 0 aliphatic heterocycles. The number of halogens is 2. The fourth-order valence-electron chi connectivity index (χ4n) is 3.99. The van der Waals surface area contributed by atoms with E-state index in [0.29, 0.717) is 4.34 Å². The fourth-order valence-corrected chi connectivity index (χ4v) is 5.68. The summed E-state index contributed by atoms with van der Waals surface area (Å²) in [6.07, 6.45) is 0. The van der Waals surface area contributed by atoms with Gasteiger partial charge in [-0.25, -0.2) is 4.39 Å². The van der Waals surface area contributed by atoms with Crippen molar-refractivity contribution in [2.24, 2.45) is 0 Å². The maximum atomic E-state index is 14.6. The van der Waals surface area contributed by atoms with Gasteiger partial charge < -0.3 is 14.6 Å². The zero-order chi connectivity index (χ0) is 27.5. The third kappa shape index (κ3) is 5.35. The van der Waals surface area contributed by atoms with E-state index in [4.69, 9.17) is 16.3 Å². The highest BCUT2D eigenvalue weighted by atomic mass is 35.5. The zero-order valence-electron chi connectivity index (χ0n) is 20.4. The first-order valence-corrected chi connectivity index (χ1v) is 13.6. The molecule has 0 atom stereocenters. The van der Waals surface area contributed by atoms with Gasteiger partial charge in [0.2, 0.25) is 0 Å². The average molecular weight is 580 g/mol. The third-order valence-electron chi connectivity index (χ3n) is 5.85. The van der Waals surface area contributed by atoms with Crippen molar-refractivity contribution < 1.29 is 13.9 Å². The maximum absolute atomic E-state index is 14.6. The molecular formula is C27H19ClFN5O3S2. The number of nitriles is 1. The largest absolute Gasteiger partial charge is 0.496 e. The Morgan fingerprint density at radius 2 is 2.05 bits per heavy atom. The molecule has 0 aliphatic rings. The van der Waals surface area contributed by atoms with Crippen LogP contribution in [0, 0.1) is 17.1 Å². The summed E-state index contributed by atoms with van der Waals surface area (Å²) in [6.45, 7) is 0.429. The van der Waals surface area contributed by atoms with Gasteiger partial charge in [0.25, 0.3) is 11.5 Å². The Labute approximate surface area is 235 Å². The molecule has 0 bridgehead atoms. The van der Waals surface area contributed by atoms with Crippen LogP contribution in [0.1, 0.15) is 26.4 Å². The molecule has 0 unspecified atom stereocenters. The molecule has 12 heteroatoms. The molecule has 8 nitrogen and oxygen atoms in total. The number of hydrogen-bond donors (Lipinski definition) is 1. The normalized spacial score (nSPS) is 10.8. The molecule has 0 radical (unpaired) electrons. The summed E-state index contributed by atoms with van der Waals surface area (Å²) >= 11 is 8.88. The van der Waals surface area contributed by atoms with Crippen LogP contribution in [-0.4, -0.2) is 27.4 Å². The second kappa shape index (κ2) is 11.2. The molecule has 0 saturated heterocycles. The van der Waals surface area contributed by atoms with Crippen molar-refractivity contribution in [3.63, 3.8) is 0 Å². The van der Waals surface area contributed by atoms with Crippen LogP contribution in [0.4, 0.5) is 10.2 Å². The van der Waals surface area contributed by atoms with E-state index in [1.54, 1.807) is 12.1 Å². The van der Waals surface area contributed by atoms with Crippen LogP contribution < -0.4 is 15.6 Å². The Kier molecular flexibility index (Phi) is 7.60. The molecule has 5 aromatic rings. The first-order valence-electron chi connectivity index (χ1n) is 11.5. The number of nitrogens with one attached hydrogen (secondary N) is 1. The number of pyridine rings is 1. The van der Waals surface area contributed by atoms with E-state index >= 15 is 0 Å². The zero-order valence-corrected chi connectivity index (χ0v) is 22.7. The first-order chi connectivity index (χ1) is 18.9. The second-order valence-corrected chi connectivity index (χ2v) is 10.9. The van der Waals surface area contributed by atoms with Gasteiger partial charge >= 0.3 is 0 Å². The number of carbonyl (C=O) groups excluding carboxylic acids is 1. The number of methoxy groups -OCH3 is 1. The summed E-state index contributed by atoms with van der Waals surface area (Å²) in [7, 11) is 1.42. The minimum atomic E-state index is -0.780. The number of nitrogens with zero attached hydrogens (tertiary/aromatic N) is 4. The number of benzene rings is 1. The van der Waals surface area contributed by atoms with Crippen molar-refractivity contribution in [1.82, 2.24) is 14.3 Å². The number of hydrogen-bond acceptors (Lipinski definition) is 8. The molecule has 39 heavy (non-hydrogen) atoms. The SMILES string of the molecule is COc1cc(-c2nn(C(=O)c3ccccc3F)c(NCc3ccc(Cl)s3)c2C#N)n(Cc2ccsc2)c(=O)c1. The Hall–Kier alpha value is -4.24. The van der Waals surface area contributed by atoms with E-state index in [1.165, 1.54) is 64.7 Å². The van der Waals surface area contributed by atoms with Gasteiger partial charge in [0, 0.05) is 17.0 Å². The van der Waals surface area contributed by atoms with Gasteiger partial charge in [-0.3, -0.25) is 9.59 Å². The molecule has 0 saturated carbocycles. The smallest absolute Gasteiger partial charge is 0.283 e. The van der Waals surface area contributed by atoms with Gasteiger partial charge in [-0.2, -0.15) is 26.4 Å². The predicted molar refractivity (Wildman–Crippen MR) is 149 cm³/mol. The van der Waals surface area contributed by atoms with Crippen LogP contribution >= 0.6 is 34.3 Å². The highest BCUT2D eigenvalue weighted by Crippen LogP contribution is 2.32. The topological polar surface area (TPSA) is 102 Å². The third-order valence-corrected chi connectivity index (χ3v) is 7.82. The Morgan fingerprint density at radius 3 is 2.72 bits per heavy atom. The van der Waals surface area contributed by atoms with Crippen LogP contribution in [0.5, 0.6) is 5.75 Å². The lowest BCUT2D eigenvalue weighted by Crippen LogP contribution is -2.22. The van der Waals surface area contributed by atoms with E-state index in [0.717, 1.165) is 15.1 Å². The molecular weight excluding hydrogens is 561 g/mol. The van der Waals surface area contributed by atoms with Crippen LogP contribution in [0.15, 0.2) is 70.2 Å². The summed E-state index contributed by atoms with van der Waals surface area (Å²) in [5.74, 6) is -1.19. The van der Waals surface area contributed by atoms with E-state index < -0.39 is 11.7 Å². The quantitative estimate of drug-likeness (QED) is 0.247. The van der Waals surface area contributed by atoms with Crippen LogP contribution in [-0.2, 0) is 13.1 Å². The lowest BCUT2D eigenvalue weighted by atomic mass is 10.1. The standard InChI is InChI=1S/C27H19ClFN5O3S2/c1-37-17-10-22(33(24(35)11-17)14-16-8-9-38-15-16)25-20(12-30)26(31-13-18-6-7-23(28)39-18)34(32-25)27(36)19-4-2-3-5-21(19)29/h2-11,15,31H,13-14H2,1H3. The lowest BCUT2D eigenvalue weighted by molar-refractivity contribution is 0.0943. The molecule has 0 spiro atoms. The minimum absolute atomic E-state index is 0.00839. The summed E-state index contributed by atoms with van der Waals surface area (Å²) in [4.78, 5) is 27.5. The van der Waals surface area contributed by atoms with E-state index in [-0.39, 0.29) is 52.7 Å². The molecule has 1 N–H and O–H groups in total. The Morgan fingerprint density at radius 1 is 1.23 bits per heavy atom. The van der Waals surface area contributed by atoms with Gasteiger partial charge in [-0.05, 0) is 46.7 Å². The minimum Gasteiger partial charge on any atom is -0.496 e. The first kappa shape index (κ1) is 26.4. The molecule has 0 amide bonds. The van der Waals surface area contributed by atoms with Crippen molar-refractivity contribution >= 4 is 46.0 Å². The number of anilines is 1. The van der Waals surface area contributed by atoms with Gasteiger partial charge in [0.1, 0.15) is 28.9 Å². The number of ether oxygens (including phenoxy) is 1. The van der Waals surface area contributed by atoms with Crippen molar-refractivity contribution in [1.29, 1.82) is 5.26 Å². The molecule has 1 aromatic carbocycles. The van der Waals surface area contributed by atoms with Crippen LogP contribution in [0.3, 0.4) is 0 Å². The fraction of sp³-hybridized carbons (Fsp3) is 0.111. The summed E-state index contributed by atoms with van der Waals surface area (Å²) in [5, 5.41) is 21.6. The highest BCUT2D eigenvalue weighted by molar-refractivity contribution is 7.16. The van der Waals surface area contributed by atoms with Crippen LogP contribution in [0.25, 0.3) is 11.4 Å². The van der Waals surface area contributed by atoms with E-state index in [1.807, 2.05) is 22.9 Å². The highest BCUT2D eigenvalue weighted by Gasteiger charge is 2.27. The number of carbonyl (C=O) groups is 1. The molecule has 0 fully saturated rings. The molecule has 4 aromatic heterocycles. The van der Waals surface area contributed by atoms with Crippen molar-refractivity contribution in [2.75, 3.05) is 12.4 Å². The van der Waals surface area contributed by atoms with Crippen molar-refractivity contribution in [3.05, 3.63) is 107 Å². The Bertz CT molecular complexity index is 1770. The summed E-state index contributed by atoms with van der Waals surface area (Å²) < 4.78 is 22.9. The summed E-state index contributed by atoms with van der Waals surface area (Å²) in [5.41, 5.74) is 0.622. The van der Waals surface area contributed by atoms with Crippen LogP contribution in [0.2, 0.25) is 4.34 Å².